The topological polar surface area (TPSA) is 13.1 Å². The number of hydrogen-bond acceptors (Lipinski definition) is 1. The Morgan fingerprint density at radius 3 is 2.36 bits per heavy atom. The first-order valence-electron chi connectivity index (χ1n) is 4.21. The number of halogens is 2. The number of benzene rings is 1. The van der Waals surface area contributed by atoms with Gasteiger partial charge in [-0.3, -0.25) is 0 Å². The van der Waals surface area contributed by atoms with Crippen molar-refractivity contribution in [1.82, 2.24) is 0 Å². The van der Waals surface area contributed by atoms with Crippen molar-refractivity contribution in [2.24, 2.45) is 0 Å². The summed E-state index contributed by atoms with van der Waals surface area (Å²) in [5.41, 5.74) is 2.32. The molecule has 0 amide bonds. The highest BCUT2D eigenvalue weighted by Gasteiger charge is 2.14. The highest BCUT2D eigenvalue weighted by molar-refractivity contribution is 9.10. The molecule has 0 fully saturated rings. The summed E-state index contributed by atoms with van der Waals surface area (Å²) >= 11 is 7.00. The lowest BCUT2D eigenvalue weighted by atomic mass is 10.1. The van der Waals surface area contributed by atoms with E-state index in [0.717, 1.165) is 10.2 Å². The molecule has 72 valence electrons. The van der Waals surface area contributed by atoms with Gasteiger partial charge in [-0.2, -0.15) is 0 Å². The van der Waals surface area contributed by atoms with E-state index >= 15 is 0 Å². The second-order valence-electron chi connectivity index (χ2n) is 2.92. The summed E-state index contributed by atoms with van der Waals surface area (Å²) in [6.07, 6.45) is 1.68. The van der Waals surface area contributed by atoms with Crippen LogP contribution in [0.5, 0.6) is 0 Å². The van der Waals surface area contributed by atoms with Crippen LogP contribution < -0.4 is 0 Å². The van der Waals surface area contributed by atoms with Crippen molar-refractivity contribution < 1.29 is 4.42 Å². The standard InChI is InChI=1S/C11H8Br2O/c12-10(8-4-2-1-3-5-8)9-6-7-14-11(9)13/h1-7,10H. The first-order valence-corrected chi connectivity index (χ1v) is 5.92. The molecule has 1 aromatic carbocycles. The third-order valence-corrected chi connectivity index (χ3v) is 3.68. The fraction of sp³-hybridized carbons (Fsp3) is 0.0909. The van der Waals surface area contributed by atoms with Crippen LogP contribution in [0.4, 0.5) is 0 Å². The molecule has 1 unspecified atom stereocenters. The molecule has 14 heavy (non-hydrogen) atoms. The van der Waals surface area contributed by atoms with E-state index in [1.165, 1.54) is 5.56 Å². The molecule has 0 aliphatic rings. The molecular formula is C11H8Br2O. The highest BCUT2D eigenvalue weighted by atomic mass is 79.9. The van der Waals surface area contributed by atoms with Crippen molar-refractivity contribution in [3.8, 4) is 0 Å². The van der Waals surface area contributed by atoms with Gasteiger partial charge in [-0.25, -0.2) is 0 Å². The summed E-state index contributed by atoms with van der Waals surface area (Å²) in [6.45, 7) is 0. The second kappa shape index (κ2) is 4.32. The Hall–Kier alpha value is -0.540. The molecule has 1 heterocycles. The van der Waals surface area contributed by atoms with Gasteiger partial charge in [0, 0.05) is 5.56 Å². The van der Waals surface area contributed by atoms with Gasteiger partial charge in [-0.05, 0) is 27.6 Å². The van der Waals surface area contributed by atoms with Crippen LogP contribution in [0.1, 0.15) is 16.0 Å². The normalized spacial score (nSPS) is 12.7. The van der Waals surface area contributed by atoms with Gasteiger partial charge in [0.05, 0.1) is 11.1 Å². The van der Waals surface area contributed by atoms with E-state index in [1.807, 2.05) is 24.3 Å². The molecule has 2 aromatic rings. The molecule has 2 rings (SSSR count). The molecule has 1 atom stereocenters. The summed E-state index contributed by atoms with van der Waals surface area (Å²) < 4.78 is 5.97. The molecule has 3 heteroatoms. The van der Waals surface area contributed by atoms with Crippen LogP contribution in [0.3, 0.4) is 0 Å². The van der Waals surface area contributed by atoms with E-state index in [1.54, 1.807) is 6.26 Å². The molecule has 0 radical (unpaired) electrons. The largest absolute Gasteiger partial charge is 0.457 e. The Morgan fingerprint density at radius 2 is 1.79 bits per heavy atom. The molecule has 0 saturated carbocycles. The van der Waals surface area contributed by atoms with E-state index in [-0.39, 0.29) is 4.83 Å². The lowest BCUT2D eigenvalue weighted by molar-refractivity contribution is 0.537. The molecule has 0 spiro atoms. The fourth-order valence-electron chi connectivity index (χ4n) is 1.29. The summed E-state index contributed by atoms with van der Waals surface area (Å²) in [6, 6.07) is 12.2. The van der Waals surface area contributed by atoms with Crippen LogP contribution in [0.25, 0.3) is 0 Å². The van der Waals surface area contributed by atoms with Crippen LogP contribution in [0.2, 0.25) is 0 Å². The molecule has 1 nitrogen and oxygen atoms in total. The van der Waals surface area contributed by atoms with Gasteiger partial charge in [0.1, 0.15) is 0 Å². The van der Waals surface area contributed by atoms with Crippen molar-refractivity contribution in [3.05, 3.63) is 58.5 Å². The maximum absolute atomic E-state index is 5.19. The monoisotopic (exact) mass is 314 g/mol. The van der Waals surface area contributed by atoms with Crippen LogP contribution in [-0.4, -0.2) is 0 Å². The van der Waals surface area contributed by atoms with E-state index in [4.69, 9.17) is 4.42 Å². The Labute approximate surface area is 99.4 Å². The van der Waals surface area contributed by atoms with Gasteiger partial charge >= 0.3 is 0 Å². The average Bonchev–Trinajstić information content (AvgIpc) is 2.65. The van der Waals surface area contributed by atoms with E-state index in [0.29, 0.717) is 0 Å². The third-order valence-electron chi connectivity index (χ3n) is 2.01. The SMILES string of the molecule is Brc1occc1C(Br)c1ccccc1. The van der Waals surface area contributed by atoms with Gasteiger partial charge in [0.15, 0.2) is 4.67 Å². The number of hydrogen-bond donors (Lipinski definition) is 0. The fourth-order valence-corrected chi connectivity index (χ4v) is 2.73. The molecule has 0 aliphatic carbocycles. The lowest BCUT2D eigenvalue weighted by Gasteiger charge is -2.07. The minimum atomic E-state index is 0.178. The number of rotatable bonds is 2. The maximum Gasteiger partial charge on any atom is 0.173 e. The summed E-state index contributed by atoms with van der Waals surface area (Å²) in [5, 5.41) is 0. The van der Waals surface area contributed by atoms with E-state index < -0.39 is 0 Å². The first kappa shape index (κ1) is 9.99. The number of alkyl halides is 1. The van der Waals surface area contributed by atoms with Crippen LogP contribution in [-0.2, 0) is 0 Å². The Balaban J connectivity index is 2.34. The average molecular weight is 316 g/mol. The van der Waals surface area contributed by atoms with Crippen LogP contribution in [0, 0.1) is 0 Å². The molecule has 1 aromatic heterocycles. The Morgan fingerprint density at radius 1 is 1.07 bits per heavy atom. The third kappa shape index (κ3) is 1.93. The zero-order valence-corrected chi connectivity index (χ0v) is 10.5. The van der Waals surface area contributed by atoms with Gasteiger partial charge in [-0.1, -0.05) is 46.3 Å². The second-order valence-corrected chi connectivity index (χ2v) is 4.56. The smallest absolute Gasteiger partial charge is 0.173 e. The molecular weight excluding hydrogens is 308 g/mol. The summed E-state index contributed by atoms with van der Waals surface area (Å²) in [5.74, 6) is 0. The minimum absolute atomic E-state index is 0.178. The van der Waals surface area contributed by atoms with Crippen molar-refractivity contribution in [1.29, 1.82) is 0 Å². The van der Waals surface area contributed by atoms with E-state index in [9.17, 15) is 0 Å². The summed E-state index contributed by atoms with van der Waals surface area (Å²) in [7, 11) is 0. The van der Waals surface area contributed by atoms with Crippen molar-refractivity contribution in [2.45, 2.75) is 4.83 Å². The predicted octanol–water partition coefficient (Wildman–Crippen LogP) is 4.53. The van der Waals surface area contributed by atoms with Crippen LogP contribution in [0.15, 0.2) is 51.7 Å². The van der Waals surface area contributed by atoms with E-state index in [2.05, 4.69) is 44.0 Å². The van der Waals surface area contributed by atoms with Gasteiger partial charge in [-0.15, -0.1) is 0 Å². The highest BCUT2D eigenvalue weighted by Crippen LogP contribution is 2.35. The number of furan rings is 1. The molecule has 0 aliphatic heterocycles. The minimum Gasteiger partial charge on any atom is -0.457 e. The van der Waals surface area contributed by atoms with Gasteiger partial charge < -0.3 is 4.42 Å². The lowest BCUT2D eigenvalue weighted by Crippen LogP contribution is -1.90. The van der Waals surface area contributed by atoms with Crippen LogP contribution >= 0.6 is 31.9 Å². The van der Waals surface area contributed by atoms with Crippen molar-refractivity contribution in [2.75, 3.05) is 0 Å². The Bertz CT molecular complexity index is 408. The first-order chi connectivity index (χ1) is 6.79. The quantitative estimate of drug-likeness (QED) is 0.742. The molecule has 0 bridgehead atoms. The summed E-state index contributed by atoms with van der Waals surface area (Å²) in [4.78, 5) is 0.178. The van der Waals surface area contributed by atoms with Gasteiger partial charge in [0.25, 0.3) is 0 Å². The zero-order valence-electron chi connectivity index (χ0n) is 7.28. The molecule has 0 N–H and O–H groups in total. The van der Waals surface area contributed by atoms with Crippen molar-refractivity contribution in [3.63, 3.8) is 0 Å². The Kier molecular flexibility index (Phi) is 3.08. The molecule has 0 saturated heterocycles. The van der Waals surface area contributed by atoms with Crippen molar-refractivity contribution >= 4 is 31.9 Å². The zero-order chi connectivity index (χ0) is 9.97. The maximum atomic E-state index is 5.19. The van der Waals surface area contributed by atoms with Gasteiger partial charge in [0.2, 0.25) is 0 Å². The predicted molar refractivity (Wildman–Crippen MR) is 63.6 cm³/mol.